The van der Waals surface area contributed by atoms with E-state index in [1.54, 1.807) is 35.5 Å². The molecule has 1 atom stereocenters. The molecule has 3 nitrogen and oxygen atoms in total. The number of allylic oxidation sites excluding steroid dienone is 2. The molecule has 102 valence electrons. The van der Waals surface area contributed by atoms with Gasteiger partial charge in [-0.05, 0) is 37.2 Å². The van der Waals surface area contributed by atoms with Crippen LogP contribution in [0.3, 0.4) is 0 Å². The van der Waals surface area contributed by atoms with Gasteiger partial charge in [0.25, 0.3) is 5.91 Å². The SMILES string of the molecule is CN1C(=O)C(=C2SCCCS2)C(=O)C2CCCC=C21. The Morgan fingerprint density at radius 1 is 1.21 bits per heavy atom. The smallest absolute Gasteiger partial charge is 0.263 e. The third kappa shape index (κ3) is 2.27. The number of nitrogens with zero attached hydrogens (tertiary/aromatic N) is 1. The first-order valence-corrected chi connectivity index (χ1v) is 8.69. The molecule has 0 N–H and O–H groups in total. The highest BCUT2D eigenvalue weighted by Crippen LogP contribution is 2.42. The molecule has 1 aliphatic carbocycles. The monoisotopic (exact) mass is 295 g/mol. The molecule has 0 bridgehead atoms. The molecule has 0 saturated carbocycles. The summed E-state index contributed by atoms with van der Waals surface area (Å²) >= 11 is 3.35. The maximum atomic E-state index is 12.6. The van der Waals surface area contributed by atoms with Crippen molar-refractivity contribution in [1.82, 2.24) is 4.90 Å². The second-order valence-electron chi connectivity index (χ2n) is 5.05. The predicted molar refractivity (Wildman–Crippen MR) is 79.8 cm³/mol. The van der Waals surface area contributed by atoms with Crippen molar-refractivity contribution in [2.75, 3.05) is 18.6 Å². The number of Topliss-reactive ketones (excluding diaryl/α,β-unsaturated/α-hetero) is 1. The summed E-state index contributed by atoms with van der Waals surface area (Å²) in [6, 6.07) is 0. The van der Waals surface area contributed by atoms with Gasteiger partial charge in [0, 0.05) is 12.7 Å². The van der Waals surface area contributed by atoms with Crippen LogP contribution >= 0.6 is 23.5 Å². The minimum Gasteiger partial charge on any atom is -0.315 e. The van der Waals surface area contributed by atoms with Crippen molar-refractivity contribution in [1.29, 1.82) is 0 Å². The molecule has 2 fully saturated rings. The molecular formula is C14H17NO2S2. The Kier molecular flexibility index (Phi) is 3.76. The van der Waals surface area contributed by atoms with E-state index in [9.17, 15) is 9.59 Å². The Bertz CT molecular complexity index is 488. The molecule has 19 heavy (non-hydrogen) atoms. The van der Waals surface area contributed by atoms with Gasteiger partial charge in [-0.1, -0.05) is 6.08 Å². The minimum atomic E-state index is -0.105. The number of ketones is 1. The molecule has 1 amide bonds. The molecule has 2 aliphatic heterocycles. The third-order valence-electron chi connectivity index (χ3n) is 3.84. The van der Waals surface area contributed by atoms with E-state index in [1.807, 2.05) is 0 Å². The number of likely N-dealkylation sites (N-methyl/N-ethyl adjacent to an activating group) is 1. The fourth-order valence-electron chi connectivity index (χ4n) is 2.83. The van der Waals surface area contributed by atoms with Crippen LogP contribution in [0.1, 0.15) is 25.7 Å². The molecular weight excluding hydrogens is 278 g/mol. The van der Waals surface area contributed by atoms with E-state index in [4.69, 9.17) is 0 Å². The fourth-order valence-corrected chi connectivity index (χ4v) is 5.45. The number of hydrogen-bond donors (Lipinski definition) is 0. The molecule has 0 aromatic carbocycles. The third-order valence-corrected chi connectivity index (χ3v) is 6.46. The lowest BCUT2D eigenvalue weighted by molar-refractivity contribution is -0.132. The van der Waals surface area contributed by atoms with E-state index in [2.05, 4.69) is 6.08 Å². The van der Waals surface area contributed by atoms with Crippen LogP contribution in [-0.4, -0.2) is 35.1 Å². The van der Waals surface area contributed by atoms with Gasteiger partial charge in [0.05, 0.1) is 10.2 Å². The summed E-state index contributed by atoms with van der Waals surface area (Å²) in [4.78, 5) is 26.8. The highest BCUT2D eigenvalue weighted by Gasteiger charge is 2.42. The zero-order chi connectivity index (χ0) is 13.4. The summed E-state index contributed by atoms with van der Waals surface area (Å²) < 4.78 is 0.956. The summed E-state index contributed by atoms with van der Waals surface area (Å²) in [6.07, 6.45) is 6.12. The second kappa shape index (κ2) is 5.37. The maximum absolute atomic E-state index is 12.6. The molecule has 2 saturated heterocycles. The first kappa shape index (κ1) is 13.3. The van der Waals surface area contributed by atoms with Crippen LogP contribution in [0, 0.1) is 5.92 Å². The second-order valence-corrected chi connectivity index (χ2v) is 7.52. The van der Waals surface area contributed by atoms with Crippen LogP contribution in [0.5, 0.6) is 0 Å². The van der Waals surface area contributed by atoms with Crippen molar-refractivity contribution in [2.24, 2.45) is 5.92 Å². The van der Waals surface area contributed by atoms with E-state index in [0.29, 0.717) is 5.57 Å². The Labute approximate surface area is 121 Å². The average Bonchev–Trinajstić information content (AvgIpc) is 2.46. The molecule has 1 unspecified atom stereocenters. The van der Waals surface area contributed by atoms with Crippen LogP contribution in [0.15, 0.2) is 21.6 Å². The van der Waals surface area contributed by atoms with Gasteiger partial charge in [-0.25, -0.2) is 0 Å². The highest BCUT2D eigenvalue weighted by atomic mass is 32.2. The summed E-state index contributed by atoms with van der Waals surface area (Å²) in [5.74, 6) is 1.91. The molecule has 3 aliphatic rings. The number of carbonyl (C=O) groups excluding carboxylic acids is 2. The number of amides is 1. The number of rotatable bonds is 0. The van der Waals surface area contributed by atoms with Crippen LogP contribution in [-0.2, 0) is 9.59 Å². The quantitative estimate of drug-likeness (QED) is 0.509. The van der Waals surface area contributed by atoms with Crippen LogP contribution in [0.25, 0.3) is 0 Å². The van der Waals surface area contributed by atoms with Gasteiger partial charge in [0.15, 0.2) is 5.78 Å². The zero-order valence-electron chi connectivity index (χ0n) is 11.0. The number of hydrogen-bond acceptors (Lipinski definition) is 4. The van der Waals surface area contributed by atoms with Gasteiger partial charge in [0.2, 0.25) is 0 Å². The van der Waals surface area contributed by atoms with Crippen LogP contribution in [0.4, 0.5) is 0 Å². The summed E-state index contributed by atoms with van der Waals surface area (Å²) in [5, 5.41) is 0. The van der Waals surface area contributed by atoms with E-state index in [0.717, 1.165) is 47.1 Å². The molecule has 3 rings (SSSR count). The lowest BCUT2D eigenvalue weighted by atomic mass is 9.82. The van der Waals surface area contributed by atoms with Gasteiger partial charge in [0.1, 0.15) is 5.57 Å². The lowest BCUT2D eigenvalue weighted by Crippen LogP contribution is -2.44. The first-order valence-electron chi connectivity index (χ1n) is 6.72. The molecule has 2 heterocycles. The minimum absolute atomic E-state index is 0.0611. The Balaban J connectivity index is 2.02. The van der Waals surface area contributed by atoms with E-state index >= 15 is 0 Å². The van der Waals surface area contributed by atoms with Crippen molar-refractivity contribution in [2.45, 2.75) is 25.7 Å². The molecule has 0 aromatic rings. The van der Waals surface area contributed by atoms with Crippen LogP contribution < -0.4 is 0 Å². The van der Waals surface area contributed by atoms with Gasteiger partial charge >= 0.3 is 0 Å². The van der Waals surface area contributed by atoms with Crippen molar-refractivity contribution in [3.63, 3.8) is 0 Å². The van der Waals surface area contributed by atoms with Crippen molar-refractivity contribution in [3.8, 4) is 0 Å². The Hall–Kier alpha value is -0.680. The number of fused-ring (bicyclic) bond motifs is 1. The van der Waals surface area contributed by atoms with Gasteiger partial charge in [-0.3, -0.25) is 9.59 Å². The fraction of sp³-hybridized carbons (Fsp3) is 0.571. The first-order chi connectivity index (χ1) is 9.20. The number of likely N-dealkylation sites (tertiary alicyclic amines) is 1. The normalized spacial score (nSPS) is 28.4. The largest absolute Gasteiger partial charge is 0.315 e. The van der Waals surface area contributed by atoms with Crippen molar-refractivity contribution >= 4 is 35.2 Å². The molecule has 0 radical (unpaired) electrons. The van der Waals surface area contributed by atoms with Gasteiger partial charge in [-0.15, -0.1) is 23.5 Å². The zero-order valence-corrected chi connectivity index (χ0v) is 12.6. The summed E-state index contributed by atoms with van der Waals surface area (Å²) in [6.45, 7) is 0. The lowest BCUT2D eigenvalue weighted by Gasteiger charge is -2.36. The average molecular weight is 295 g/mol. The van der Waals surface area contributed by atoms with E-state index in [1.165, 1.54) is 0 Å². The predicted octanol–water partition coefficient (Wildman–Crippen LogP) is 2.79. The summed E-state index contributed by atoms with van der Waals surface area (Å²) in [7, 11) is 1.80. The van der Waals surface area contributed by atoms with Gasteiger partial charge < -0.3 is 4.90 Å². The molecule has 0 spiro atoms. The van der Waals surface area contributed by atoms with E-state index < -0.39 is 0 Å². The standard InChI is InChI=1S/C14H17NO2S2/c1-15-10-6-3-2-5-9(10)12(16)11(13(15)17)14-18-7-4-8-19-14/h6,9H,2-5,7-8H2,1H3. The van der Waals surface area contributed by atoms with Gasteiger partial charge in [-0.2, -0.15) is 0 Å². The summed E-state index contributed by atoms with van der Waals surface area (Å²) in [5.41, 5.74) is 1.39. The number of piperidine rings is 1. The van der Waals surface area contributed by atoms with Crippen molar-refractivity contribution in [3.05, 3.63) is 21.6 Å². The maximum Gasteiger partial charge on any atom is 0.263 e. The number of carbonyl (C=O) groups is 2. The topological polar surface area (TPSA) is 37.4 Å². The Morgan fingerprint density at radius 2 is 1.95 bits per heavy atom. The van der Waals surface area contributed by atoms with Crippen LogP contribution in [0.2, 0.25) is 0 Å². The molecule has 0 aromatic heterocycles. The van der Waals surface area contributed by atoms with E-state index in [-0.39, 0.29) is 17.6 Å². The number of thioether (sulfide) groups is 2. The molecule has 5 heteroatoms. The Morgan fingerprint density at radius 3 is 2.68 bits per heavy atom. The van der Waals surface area contributed by atoms with Crippen molar-refractivity contribution < 1.29 is 9.59 Å². The highest BCUT2D eigenvalue weighted by molar-refractivity contribution is 8.22.